The summed E-state index contributed by atoms with van der Waals surface area (Å²) in [7, 11) is 0. The van der Waals surface area contributed by atoms with Crippen LogP contribution in [0.2, 0.25) is 0 Å². The van der Waals surface area contributed by atoms with E-state index in [0.29, 0.717) is 25.4 Å². The van der Waals surface area contributed by atoms with Crippen molar-refractivity contribution >= 4 is 11.7 Å². The van der Waals surface area contributed by atoms with Gasteiger partial charge in [-0.3, -0.25) is 0 Å². The number of nitrogens with two attached hydrogens (primary N) is 1. The SMILES string of the molecule is CCN(C[C@@H]1COC(N)=N1)c1ccc(C(F)(F)F)c(F)c1. The smallest absolute Gasteiger partial charge is 0.419 e. The number of ether oxygens (including phenoxy) is 1. The first kappa shape index (κ1) is 15.4. The fourth-order valence-electron chi connectivity index (χ4n) is 2.13. The highest BCUT2D eigenvalue weighted by Gasteiger charge is 2.34. The molecule has 0 unspecified atom stereocenters. The number of nitrogens with zero attached hydrogens (tertiary/aromatic N) is 2. The Bertz CT molecular complexity index is 545. The predicted molar refractivity (Wildman–Crippen MR) is 70.7 cm³/mol. The molecule has 21 heavy (non-hydrogen) atoms. The highest BCUT2D eigenvalue weighted by atomic mass is 19.4. The number of anilines is 1. The summed E-state index contributed by atoms with van der Waals surface area (Å²) in [5.41, 5.74) is 4.49. The molecule has 2 N–H and O–H groups in total. The van der Waals surface area contributed by atoms with E-state index in [1.165, 1.54) is 6.07 Å². The lowest BCUT2D eigenvalue weighted by Crippen LogP contribution is -2.32. The Kier molecular flexibility index (Phi) is 4.24. The number of likely N-dealkylation sites (N-methyl/N-ethyl adjacent to an activating group) is 1. The third-order valence-corrected chi connectivity index (χ3v) is 3.17. The van der Waals surface area contributed by atoms with Crippen LogP contribution in [0, 0.1) is 5.82 Å². The van der Waals surface area contributed by atoms with Crippen molar-refractivity contribution in [2.24, 2.45) is 10.7 Å². The first-order valence-electron chi connectivity index (χ1n) is 6.39. The number of hydrogen-bond donors (Lipinski definition) is 1. The van der Waals surface area contributed by atoms with E-state index in [2.05, 4.69) is 4.99 Å². The highest BCUT2D eigenvalue weighted by Crippen LogP contribution is 2.33. The number of rotatable bonds is 4. The van der Waals surface area contributed by atoms with Gasteiger partial charge in [-0.1, -0.05) is 0 Å². The average molecular weight is 305 g/mol. The standard InChI is InChI=1S/C13H15F4N3O/c1-2-20(6-8-7-21-12(18)19-8)9-3-4-10(11(14)5-9)13(15,16)17/h3-5,8H,2,6-7H2,1H3,(H2,18,19)/t8-/m1/s1. The Hall–Kier alpha value is -1.99. The van der Waals surface area contributed by atoms with Crippen LogP contribution >= 0.6 is 0 Å². The van der Waals surface area contributed by atoms with Crippen LogP contribution in [-0.2, 0) is 10.9 Å². The topological polar surface area (TPSA) is 50.9 Å². The van der Waals surface area contributed by atoms with Crippen LogP contribution in [0.25, 0.3) is 0 Å². The van der Waals surface area contributed by atoms with E-state index in [1.54, 1.807) is 4.90 Å². The summed E-state index contributed by atoms with van der Waals surface area (Å²) in [6.07, 6.45) is -4.70. The fourth-order valence-corrected chi connectivity index (χ4v) is 2.13. The Balaban J connectivity index is 2.17. The third-order valence-electron chi connectivity index (χ3n) is 3.17. The summed E-state index contributed by atoms with van der Waals surface area (Å²) in [4.78, 5) is 5.76. The van der Waals surface area contributed by atoms with E-state index < -0.39 is 17.6 Å². The Morgan fingerprint density at radius 3 is 2.62 bits per heavy atom. The van der Waals surface area contributed by atoms with Crippen molar-refractivity contribution in [3.8, 4) is 0 Å². The Labute approximate surface area is 119 Å². The maximum Gasteiger partial charge on any atom is 0.419 e. The molecule has 0 aromatic heterocycles. The lowest BCUT2D eigenvalue weighted by atomic mass is 10.1. The second-order valence-electron chi connectivity index (χ2n) is 4.63. The normalized spacial score (nSPS) is 18.3. The third kappa shape index (κ3) is 3.56. The van der Waals surface area contributed by atoms with E-state index in [9.17, 15) is 17.6 Å². The van der Waals surface area contributed by atoms with Crippen molar-refractivity contribution in [1.29, 1.82) is 0 Å². The summed E-state index contributed by atoms with van der Waals surface area (Å²) in [6.45, 7) is 3.02. The Morgan fingerprint density at radius 2 is 2.14 bits per heavy atom. The molecule has 1 aliphatic heterocycles. The fraction of sp³-hybridized carbons (Fsp3) is 0.462. The van der Waals surface area contributed by atoms with Crippen LogP contribution in [0.4, 0.5) is 23.2 Å². The molecule has 0 saturated heterocycles. The zero-order valence-electron chi connectivity index (χ0n) is 11.3. The van der Waals surface area contributed by atoms with Gasteiger partial charge >= 0.3 is 6.18 Å². The highest BCUT2D eigenvalue weighted by molar-refractivity contribution is 5.73. The zero-order valence-corrected chi connectivity index (χ0v) is 11.3. The van der Waals surface area contributed by atoms with Crippen molar-refractivity contribution in [1.82, 2.24) is 0 Å². The van der Waals surface area contributed by atoms with Crippen LogP contribution in [0.15, 0.2) is 23.2 Å². The number of halogens is 4. The van der Waals surface area contributed by atoms with Gasteiger partial charge in [0.15, 0.2) is 0 Å². The van der Waals surface area contributed by atoms with Crippen molar-refractivity contribution in [3.05, 3.63) is 29.6 Å². The summed E-state index contributed by atoms with van der Waals surface area (Å²) in [5, 5.41) is 0. The molecule has 0 fully saturated rings. The Morgan fingerprint density at radius 1 is 1.43 bits per heavy atom. The lowest BCUT2D eigenvalue weighted by Gasteiger charge is -2.25. The second kappa shape index (κ2) is 5.79. The molecule has 0 radical (unpaired) electrons. The van der Waals surface area contributed by atoms with Crippen LogP contribution in [-0.4, -0.2) is 31.8 Å². The molecule has 1 heterocycles. The first-order valence-corrected chi connectivity index (χ1v) is 6.39. The van der Waals surface area contributed by atoms with Gasteiger partial charge in [0, 0.05) is 18.8 Å². The molecular weight excluding hydrogens is 290 g/mol. The van der Waals surface area contributed by atoms with E-state index >= 15 is 0 Å². The lowest BCUT2D eigenvalue weighted by molar-refractivity contribution is -0.139. The van der Waals surface area contributed by atoms with E-state index in [4.69, 9.17) is 10.5 Å². The minimum absolute atomic E-state index is 0.0923. The van der Waals surface area contributed by atoms with Gasteiger partial charge in [0.05, 0.1) is 5.56 Å². The number of aliphatic imine (C=N–C) groups is 1. The van der Waals surface area contributed by atoms with Gasteiger partial charge in [-0.2, -0.15) is 13.2 Å². The van der Waals surface area contributed by atoms with Gasteiger partial charge < -0.3 is 15.4 Å². The number of alkyl halides is 3. The largest absolute Gasteiger partial charge is 0.463 e. The van der Waals surface area contributed by atoms with Gasteiger partial charge in [-0.15, -0.1) is 0 Å². The zero-order chi connectivity index (χ0) is 15.6. The van der Waals surface area contributed by atoms with Crippen molar-refractivity contribution in [2.45, 2.75) is 19.1 Å². The molecule has 8 heteroatoms. The molecule has 1 atom stereocenters. The van der Waals surface area contributed by atoms with Crippen LogP contribution in [0.3, 0.4) is 0 Å². The summed E-state index contributed by atoms with van der Waals surface area (Å²) < 4.78 is 56.2. The number of hydrogen-bond acceptors (Lipinski definition) is 4. The van der Waals surface area contributed by atoms with Crippen molar-refractivity contribution in [3.63, 3.8) is 0 Å². The molecule has 1 aliphatic rings. The van der Waals surface area contributed by atoms with Gasteiger partial charge in [-0.05, 0) is 25.1 Å². The number of amidine groups is 1. The quantitative estimate of drug-likeness (QED) is 0.869. The van der Waals surface area contributed by atoms with Crippen LogP contribution in [0.5, 0.6) is 0 Å². The van der Waals surface area contributed by atoms with Crippen molar-refractivity contribution in [2.75, 3.05) is 24.6 Å². The van der Waals surface area contributed by atoms with Gasteiger partial charge in [0.25, 0.3) is 6.02 Å². The summed E-state index contributed by atoms with van der Waals surface area (Å²) in [6, 6.07) is 2.76. The molecule has 0 saturated carbocycles. The van der Waals surface area contributed by atoms with E-state index in [-0.39, 0.29) is 12.1 Å². The maximum absolute atomic E-state index is 13.6. The minimum atomic E-state index is -4.70. The van der Waals surface area contributed by atoms with Gasteiger partial charge in [0.2, 0.25) is 0 Å². The molecule has 4 nitrogen and oxygen atoms in total. The summed E-state index contributed by atoms with van der Waals surface area (Å²) >= 11 is 0. The number of benzene rings is 1. The van der Waals surface area contributed by atoms with Crippen LogP contribution < -0.4 is 10.6 Å². The minimum Gasteiger partial charge on any atom is -0.463 e. The molecule has 0 amide bonds. The predicted octanol–water partition coefficient (Wildman–Crippen LogP) is 2.38. The van der Waals surface area contributed by atoms with Crippen LogP contribution in [0.1, 0.15) is 12.5 Å². The molecule has 1 aromatic rings. The van der Waals surface area contributed by atoms with Gasteiger partial charge in [0.1, 0.15) is 18.5 Å². The molecule has 116 valence electrons. The maximum atomic E-state index is 13.6. The van der Waals surface area contributed by atoms with E-state index in [1.807, 2.05) is 6.92 Å². The average Bonchev–Trinajstić information content (AvgIpc) is 2.80. The molecular formula is C13H15F4N3O. The molecule has 0 bridgehead atoms. The van der Waals surface area contributed by atoms with Crippen molar-refractivity contribution < 1.29 is 22.3 Å². The van der Waals surface area contributed by atoms with E-state index in [0.717, 1.165) is 12.1 Å². The molecule has 1 aromatic carbocycles. The molecule has 0 spiro atoms. The monoisotopic (exact) mass is 305 g/mol. The summed E-state index contributed by atoms with van der Waals surface area (Å²) in [5.74, 6) is -1.29. The molecule has 2 rings (SSSR count). The first-order chi connectivity index (χ1) is 9.81. The van der Waals surface area contributed by atoms with Gasteiger partial charge in [-0.25, -0.2) is 9.38 Å². The molecule has 0 aliphatic carbocycles. The second-order valence-corrected chi connectivity index (χ2v) is 4.63.